The van der Waals surface area contributed by atoms with Crippen LogP contribution >= 0.6 is 7.81 Å². The fourth-order valence-electron chi connectivity index (χ4n) is 2.35. The van der Waals surface area contributed by atoms with Gasteiger partial charge in [0.05, 0.1) is 6.61 Å². The fourth-order valence-corrected chi connectivity index (χ4v) is 4.84. The molecular weight excluding hydrogens is 532 g/mol. The molecule has 0 unspecified atom stereocenters. The van der Waals surface area contributed by atoms with E-state index in [4.69, 9.17) is 9.47 Å². The number of allylic oxidation sites excluding steroid dienone is 2. The molecule has 10 heteroatoms. The van der Waals surface area contributed by atoms with Crippen molar-refractivity contribution >= 4 is 13.4 Å². The summed E-state index contributed by atoms with van der Waals surface area (Å²) in [4.78, 5) is 0. The first-order chi connectivity index (χ1) is 13.1. The zero-order valence-corrected chi connectivity index (χ0v) is 18.5. The maximum absolute atomic E-state index is 10.7. The van der Waals surface area contributed by atoms with Gasteiger partial charge in [-0.15, -0.1) is 0 Å². The van der Waals surface area contributed by atoms with Crippen LogP contribution in [0.2, 0.25) is 0 Å². The molecule has 0 spiro atoms. The van der Waals surface area contributed by atoms with Crippen LogP contribution in [-0.2, 0) is 0 Å². The molecule has 0 aliphatic carbocycles. The normalized spacial score (nSPS) is 15.6. The molecule has 1 aliphatic rings. The maximum atomic E-state index is 9.87. The van der Waals surface area contributed by atoms with Crippen molar-refractivity contribution in [2.75, 3.05) is 6.61 Å². The Morgan fingerprint density at radius 3 is 2.17 bits per heavy atom. The van der Waals surface area contributed by atoms with E-state index in [1.54, 1.807) is 0 Å². The van der Waals surface area contributed by atoms with E-state index in [9.17, 15) is 25.2 Å². The van der Waals surface area contributed by atoms with Gasteiger partial charge in [0.25, 0.3) is 0 Å². The average molecular weight is 550 g/mol. The number of benzene rings is 2. The van der Waals surface area contributed by atoms with Gasteiger partial charge in [-0.05, 0) is 37.6 Å². The Hall–Kier alpha value is -1.74. The number of fused-ring (bicyclic) bond motifs is 1. The minimum absolute atomic E-state index is 0.283. The van der Waals surface area contributed by atoms with E-state index < -0.39 is 7.81 Å². The van der Waals surface area contributed by atoms with Crippen molar-refractivity contribution in [3.63, 3.8) is 0 Å². The van der Waals surface area contributed by atoms with Gasteiger partial charge in [-0.2, -0.15) is 0 Å². The average Bonchev–Trinajstić information content (AvgIpc) is 2.54. The molecule has 0 aromatic heterocycles. The van der Waals surface area contributed by atoms with Crippen molar-refractivity contribution in [3.8, 4) is 11.5 Å². The number of hydrogen-bond donors (Lipinski definition) is 0. The summed E-state index contributed by atoms with van der Waals surface area (Å²) in [6, 6.07) is 14.8. The molecule has 0 bridgehead atoms. The van der Waals surface area contributed by atoms with Gasteiger partial charge in [-0.3, -0.25) is 0 Å². The van der Waals surface area contributed by atoms with Crippen LogP contribution < -0.4 is 30.7 Å². The molecule has 0 N–H and O–H groups in total. The van der Waals surface area contributed by atoms with Crippen LogP contribution in [0, 0.1) is 7.14 Å². The van der Waals surface area contributed by atoms with Gasteiger partial charge in [-0.1, -0.05) is 24.8 Å². The summed E-state index contributed by atoms with van der Waals surface area (Å²) in [7, 11) is -10.7. The van der Waals surface area contributed by atoms with Gasteiger partial charge < -0.3 is 9.47 Å². The molecule has 1 aliphatic heterocycles. The predicted octanol–water partition coefficient (Wildman–Crippen LogP) is 4.91. The van der Waals surface area contributed by atoms with Crippen LogP contribution in [0.1, 0.15) is 19.4 Å². The first-order valence-corrected chi connectivity index (χ1v) is 12.4. The van der Waals surface area contributed by atoms with Crippen molar-refractivity contribution in [1.29, 1.82) is 0 Å². The number of ether oxygens (including phenoxy) is 2. The summed E-state index contributed by atoms with van der Waals surface area (Å²) in [5, 5.41) is 0. The Morgan fingerprint density at radius 2 is 1.62 bits per heavy atom. The van der Waals surface area contributed by atoms with Gasteiger partial charge in [0.15, 0.2) is 9.32 Å². The molecule has 2 aromatic rings. The van der Waals surface area contributed by atoms with E-state index in [1.165, 1.54) is 12.7 Å². The Labute approximate surface area is 174 Å². The van der Waals surface area contributed by atoms with Gasteiger partial charge in [-0.25, -0.2) is 0 Å². The van der Waals surface area contributed by atoms with Crippen molar-refractivity contribution in [2.45, 2.75) is 13.8 Å². The molecule has 2 aromatic carbocycles. The Bertz CT molecular complexity index is 930. The molecule has 0 saturated heterocycles. The Kier molecular flexibility index (Phi) is 6.36. The predicted molar refractivity (Wildman–Crippen MR) is 98.4 cm³/mol. The first-order valence-electron chi connectivity index (χ1n) is 8.25. The Morgan fingerprint density at radius 1 is 1.03 bits per heavy atom. The van der Waals surface area contributed by atoms with Crippen molar-refractivity contribution in [1.82, 2.24) is 0 Å². The summed E-state index contributed by atoms with van der Waals surface area (Å²) >= 11 is -0.283. The zero-order chi connectivity index (χ0) is 21.9. The van der Waals surface area contributed by atoms with Gasteiger partial charge in [0.1, 0.15) is 11.5 Å². The van der Waals surface area contributed by atoms with Crippen molar-refractivity contribution < 1.29 is 55.9 Å². The van der Waals surface area contributed by atoms with Gasteiger partial charge >= 0.3 is 54.2 Å². The Balaban J connectivity index is 0.000000370. The quantitative estimate of drug-likeness (QED) is 0.307. The third-order valence-corrected chi connectivity index (χ3v) is 6.09. The zero-order valence-electron chi connectivity index (χ0n) is 15.4. The summed E-state index contributed by atoms with van der Waals surface area (Å²) in [5.41, 5.74) is 2.33. The van der Waals surface area contributed by atoms with E-state index in [0.717, 1.165) is 17.1 Å². The second-order valence-corrected chi connectivity index (χ2v) is 10.8. The monoisotopic (exact) mass is 550 g/mol. The van der Waals surface area contributed by atoms with Gasteiger partial charge in [0, 0.05) is 17.7 Å². The summed E-state index contributed by atoms with van der Waals surface area (Å²) in [6.07, 6.45) is 1.98. The molecule has 0 fully saturated rings. The molecule has 160 valence electrons. The van der Waals surface area contributed by atoms with Crippen LogP contribution in [-0.4, -0.2) is 6.61 Å². The standard InChI is InChI=1S/C19H18IO2.F6P/c1-4-21-19-12-18-16(13(2)10-14(3)22-18)11-17(19)20-15-8-6-5-7-9-15;1-7(2,3,4,5)6/h5-12H,3-4H2,1-2H3;/q+1;-1. The van der Waals surface area contributed by atoms with Crippen LogP contribution in [0.25, 0.3) is 5.57 Å². The van der Waals surface area contributed by atoms with E-state index in [1.807, 2.05) is 19.1 Å². The summed E-state index contributed by atoms with van der Waals surface area (Å²) in [6.45, 7) is 8.65. The molecule has 1 heterocycles. The SMILES string of the molecule is C=C1C=C(C)c2cc([I+]c3ccccc3)c(OCC)cc2O1.F[P-](F)(F)(F)(F)F. The molecule has 3 rings (SSSR count). The summed E-state index contributed by atoms with van der Waals surface area (Å²) < 4.78 is 73.5. The topological polar surface area (TPSA) is 18.5 Å². The van der Waals surface area contributed by atoms with Crippen molar-refractivity contribution in [2.24, 2.45) is 0 Å². The van der Waals surface area contributed by atoms with E-state index in [0.29, 0.717) is 12.4 Å². The van der Waals surface area contributed by atoms with Crippen molar-refractivity contribution in [3.05, 3.63) is 73.6 Å². The summed E-state index contributed by atoms with van der Waals surface area (Å²) in [5.74, 6) is 2.45. The van der Waals surface area contributed by atoms with Crippen LogP contribution in [0.15, 0.2) is 60.9 Å². The van der Waals surface area contributed by atoms with Gasteiger partial charge in [0.2, 0.25) is 3.57 Å². The fraction of sp³-hybridized carbons (Fsp3) is 0.158. The third-order valence-electron chi connectivity index (χ3n) is 3.32. The van der Waals surface area contributed by atoms with Crippen LogP contribution in [0.4, 0.5) is 25.2 Å². The molecule has 2 nitrogen and oxygen atoms in total. The number of rotatable bonds is 4. The minimum atomic E-state index is -10.7. The molecular formula is C19H18F6IO2P. The molecule has 0 atom stereocenters. The third kappa shape index (κ3) is 9.08. The van der Waals surface area contributed by atoms with Crippen LogP contribution in [0.5, 0.6) is 11.5 Å². The van der Waals surface area contributed by atoms with E-state index >= 15 is 0 Å². The molecule has 0 saturated carbocycles. The van der Waals surface area contributed by atoms with E-state index in [2.05, 4.69) is 49.9 Å². The molecule has 0 amide bonds. The second-order valence-electron chi connectivity index (χ2n) is 5.96. The molecule has 0 radical (unpaired) electrons. The second kappa shape index (κ2) is 7.83. The van der Waals surface area contributed by atoms with E-state index in [-0.39, 0.29) is 21.2 Å². The first kappa shape index (κ1) is 23.5. The molecule has 29 heavy (non-hydrogen) atoms. The van der Waals surface area contributed by atoms with Crippen LogP contribution in [0.3, 0.4) is 0 Å². The number of halogens is 7. The number of hydrogen-bond acceptors (Lipinski definition) is 2.